The number of nitrogens with one attached hydrogen (secondary N) is 1. The first kappa shape index (κ1) is 26.8. The molecule has 0 amide bonds. The Kier molecular flexibility index (Phi) is 8.94. The van der Waals surface area contributed by atoms with Crippen LogP contribution in [0.5, 0.6) is 5.75 Å². The van der Waals surface area contributed by atoms with Crippen molar-refractivity contribution in [3.05, 3.63) is 58.6 Å². The highest BCUT2D eigenvalue weighted by Gasteiger charge is 2.31. The van der Waals surface area contributed by atoms with E-state index in [9.17, 15) is 25.6 Å². The molecule has 1 heterocycles. The van der Waals surface area contributed by atoms with Gasteiger partial charge in [-0.2, -0.15) is 0 Å². The van der Waals surface area contributed by atoms with Crippen molar-refractivity contribution >= 4 is 31.5 Å². The fourth-order valence-corrected chi connectivity index (χ4v) is 6.20. The van der Waals surface area contributed by atoms with Crippen LogP contribution >= 0.6 is 11.6 Å². The van der Waals surface area contributed by atoms with Crippen LogP contribution in [0.15, 0.2) is 41.3 Å². The molecule has 2 aromatic rings. The summed E-state index contributed by atoms with van der Waals surface area (Å²) in [5, 5.41) is 0.448. The minimum atomic E-state index is -3.48. The highest BCUT2D eigenvalue weighted by Crippen LogP contribution is 2.36. The lowest BCUT2D eigenvalue weighted by Crippen LogP contribution is -2.38. The van der Waals surface area contributed by atoms with E-state index in [2.05, 4.69) is 4.72 Å². The van der Waals surface area contributed by atoms with Crippen molar-refractivity contribution in [3.63, 3.8) is 0 Å². The largest absolute Gasteiger partial charge is 0.490 e. The zero-order chi connectivity index (χ0) is 24.9. The van der Waals surface area contributed by atoms with Crippen molar-refractivity contribution in [1.29, 1.82) is 0 Å². The molecule has 34 heavy (non-hydrogen) atoms. The van der Waals surface area contributed by atoms with Crippen molar-refractivity contribution in [3.8, 4) is 5.75 Å². The maximum Gasteiger partial charge on any atom is 0.211 e. The van der Waals surface area contributed by atoms with Crippen LogP contribution in [0.4, 0.5) is 8.78 Å². The second-order valence-corrected chi connectivity index (χ2v) is 13.0. The summed E-state index contributed by atoms with van der Waals surface area (Å²) in [6.45, 7) is 1.76. The molecule has 0 spiro atoms. The lowest BCUT2D eigenvalue weighted by Gasteiger charge is -2.32. The van der Waals surface area contributed by atoms with Gasteiger partial charge in [0.05, 0.1) is 23.0 Å². The molecule has 0 aliphatic carbocycles. The number of fused-ring (bicyclic) bond motifs is 1. The predicted octanol–water partition coefficient (Wildman–Crippen LogP) is 4.37. The third kappa shape index (κ3) is 6.90. The number of rotatable bonds is 11. The third-order valence-electron chi connectivity index (χ3n) is 6.09. The van der Waals surface area contributed by atoms with E-state index in [0.717, 1.165) is 12.1 Å². The van der Waals surface area contributed by atoms with Gasteiger partial charge in [-0.25, -0.2) is 30.3 Å². The highest BCUT2D eigenvalue weighted by molar-refractivity contribution is 7.91. The normalized spacial score (nSPS) is 17.1. The quantitative estimate of drug-likeness (QED) is 0.432. The van der Waals surface area contributed by atoms with Crippen LogP contribution < -0.4 is 9.46 Å². The SMILES string of the molecule is CCS(=O)(=O)NC[C@H](CCCCS(=O)(=O)c1ccc(Cl)cc1)[C@@H]1COc2c(F)ccc(F)c2C1. The minimum absolute atomic E-state index is 0.0636. The Hall–Kier alpha value is -1.75. The van der Waals surface area contributed by atoms with Gasteiger partial charge in [-0.15, -0.1) is 0 Å². The van der Waals surface area contributed by atoms with Gasteiger partial charge in [0.2, 0.25) is 10.0 Å². The fourth-order valence-electron chi connectivity index (χ4n) is 4.03. The average Bonchev–Trinajstić information content (AvgIpc) is 2.81. The number of sulfone groups is 1. The number of ether oxygens (including phenoxy) is 1. The Bertz CT molecular complexity index is 1200. The zero-order valence-corrected chi connectivity index (χ0v) is 21.2. The van der Waals surface area contributed by atoms with Crippen molar-refractivity contribution in [2.45, 2.75) is 37.5 Å². The topological polar surface area (TPSA) is 89.5 Å². The molecule has 0 saturated carbocycles. The first-order chi connectivity index (χ1) is 16.0. The number of benzene rings is 2. The second kappa shape index (κ2) is 11.3. The predicted molar refractivity (Wildman–Crippen MR) is 127 cm³/mol. The Balaban J connectivity index is 1.66. The van der Waals surface area contributed by atoms with Gasteiger partial charge in [-0.1, -0.05) is 18.0 Å². The fraction of sp³-hybridized carbons (Fsp3) is 0.478. The van der Waals surface area contributed by atoms with E-state index >= 15 is 0 Å². The Morgan fingerprint density at radius 3 is 2.41 bits per heavy atom. The molecule has 188 valence electrons. The molecule has 0 aromatic heterocycles. The van der Waals surface area contributed by atoms with Gasteiger partial charge in [0.1, 0.15) is 5.82 Å². The Morgan fingerprint density at radius 2 is 1.74 bits per heavy atom. The molecule has 6 nitrogen and oxygen atoms in total. The molecular weight excluding hydrogens is 508 g/mol. The van der Waals surface area contributed by atoms with Gasteiger partial charge in [-0.3, -0.25) is 0 Å². The summed E-state index contributed by atoms with van der Waals surface area (Å²) in [6, 6.07) is 8.04. The maximum atomic E-state index is 14.3. The second-order valence-electron chi connectivity index (χ2n) is 8.39. The van der Waals surface area contributed by atoms with E-state index in [0.29, 0.717) is 24.3 Å². The van der Waals surface area contributed by atoms with Crippen molar-refractivity contribution in [1.82, 2.24) is 4.72 Å². The smallest absolute Gasteiger partial charge is 0.211 e. The summed E-state index contributed by atoms with van der Waals surface area (Å²) in [4.78, 5) is 0.193. The molecule has 1 N–H and O–H groups in total. The van der Waals surface area contributed by atoms with Gasteiger partial charge in [-0.05, 0) is 68.5 Å². The van der Waals surface area contributed by atoms with Gasteiger partial charge in [0.15, 0.2) is 21.4 Å². The standard InChI is InChI=1S/C23H28ClF2NO5S2/c1-2-34(30,31)27-14-16(17-13-20-21(25)10-11-22(26)23(20)32-15-17)5-3-4-12-33(28,29)19-8-6-18(24)7-9-19/h6-11,16-17,27H,2-5,12-15H2,1H3/t16-,17-/m0/s1. The van der Waals surface area contributed by atoms with Crippen LogP contribution in [0.1, 0.15) is 31.7 Å². The lowest BCUT2D eigenvalue weighted by atomic mass is 9.82. The number of hydrogen-bond donors (Lipinski definition) is 1. The summed E-state index contributed by atoms with van der Waals surface area (Å²) in [5.41, 5.74) is 0.143. The van der Waals surface area contributed by atoms with Gasteiger partial charge in [0.25, 0.3) is 0 Å². The number of unbranched alkanes of at least 4 members (excludes halogenated alkanes) is 1. The number of halogens is 3. The first-order valence-electron chi connectivity index (χ1n) is 11.1. The molecule has 1 aliphatic rings. The van der Waals surface area contributed by atoms with E-state index in [-0.39, 0.29) is 59.1 Å². The Labute approximate surface area is 204 Å². The molecule has 11 heteroatoms. The molecule has 3 rings (SSSR count). The molecule has 2 atom stereocenters. The zero-order valence-electron chi connectivity index (χ0n) is 18.8. The molecule has 0 saturated heterocycles. The molecule has 0 fully saturated rings. The average molecular weight is 536 g/mol. The van der Waals surface area contributed by atoms with Gasteiger partial charge >= 0.3 is 0 Å². The van der Waals surface area contributed by atoms with E-state index in [1.165, 1.54) is 31.2 Å². The molecule has 1 aliphatic heterocycles. The minimum Gasteiger partial charge on any atom is -0.490 e. The van der Waals surface area contributed by atoms with E-state index in [4.69, 9.17) is 16.3 Å². The number of hydrogen-bond acceptors (Lipinski definition) is 5. The van der Waals surface area contributed by atoms with Crippen LogP contribution in [0.2, 0.25) is 5.02 Å². The van der Waals surface area contributed by atoms with E-state index in [1.54, 1.807) is 0 Å². The van der Waals surface area contributed by atoms with Crippen LogP contribution in [0, 0.1) is 23.5 Å². The molecule has 2 aromatic carbocycles. The Morgan fingerprint density at radius 1 is 1.06 bits per heavy atom. The van der Waals surface area contributed by atoms with Gasteiger partial charge < -0.3 is 4.74 Å². The van der Waals surface area contributed by atoms with E-state index < -0.39 is 31.5 Å². The summed E-state index contributed by atoms with van der Waals surface area (Å²) in [5.74, 6) is -1.94. The third-order valence-corrected chi connectivity index (χ3v) is 9.52. The van der Waals surface area contributed by atoms with E-state index in [1.807, 2.05) is 0 Å². The van der Waals surface area contributed by atoms with Crippen LogP contribution in [0.3, 0.4) is 0 Å². The van der Waals surface area contributed by atoms with Crippen LogP contribution in [-0.2, 0) is 26.3 Å². The molecule has 0 unspecified atom stereocenters. The van der Waals surface area contributed by atoms with Crippen LogP contribution in [-0.4, -0.2) is 41.5 Å². The maximum absolute atomic E-state index is 14.3. The lowest BCUT2D eigenvalue weighted by molar-refractivity contribution is 0.154. The van der Waals surface area contributed by atoms with Crippen molar-refractivity contribution < 1.29 is 30.4 Å². The first-order valence-corrected chi connectivity index (χ1v) is 14.8. The highest BCUT2D eigenvalue weighted by atomic mass is 35.5. The molecule has 0 bridgehead atoms. The summed E-state index contributed by atoms with van der Waals surface area (Å²) >= 11 is 5.82. The van der Waals surface area contributed by atoms with Gasteiger partial charge in [0, 0.05) is 23.0 Å². The van der Waals surface area contributed by atoms with Crippen LogP contribution in [0.25, 0.3) is 0 Å². The monoisotopic (exact) mass is 535 g/mol. The summed E-state index contributed by atoms with van der Waals surface area (Å²) in [7, 11) is -6.93. The number of sulfonamides is 1. The van der Waals surface area contributed by atoms with Crippen molar-refractivity contribution in [2.24, 2.45) is 11.8 Å². The summed E-state index contributed by atoms with van der Waals surface area (Å²) in [6.07, 6.45) is 1.60. The molecular formula is C23H28ClF2NO5S2. The molecule has 0 radical (unpaired) electrons. The van der Waals surface area contributed by atoms with Crippen molar-refractivity contribution in [2.75, 3.05) is 24.7 Å². The summed E-state index contributed by atoms with van der Waals surface area (Å²) < 4.78 is 85.5.